The third kappa shape index (κ3) is 2.66. The van der Waals surface area contributed by atoms with E-state index in [0.29, 0.717) is 6.54 Å². The summed E-state index contributed by atoms with van der Waals surface area (Å²) in [7, 11) is 1.90. The zero-order valence-electron chi connectivity index (χ0n) is 9.41. The summed E-state index contributed by atoms with van der Waals surface area (Å²) in [6.45, 7) is 0.309. The molecule has 0 fully saturated rings. The summed E-state index contributed by atoms with van der Waals surface area (Å²) >= 11 is 0. The molecule has 2 aromatic heterocycles. The number of hydrogen-bond acceptors (Lipinski definition) is 4. The van der Waals surface area contributed by atoms with Crippen LogP contribution in [0.25, 0.3) is 11.4 Å². The molecule has 2 heterocycles. The lowest BCUT2D eigenvalue weighted by Crippen LogP contribution is -2.40. The summed E-state index contributed by atoms with van der Waals surface area (Å²) < 4.78 is 3.45. The second-order valence-corrected chi connectivity index (χ2v) is 3.66. The molecule has 0 spiro atoms. The normalized spacial score (nSPS) is 10.4. The Hall–Kier alpha value is -2.24. The molecule has 0 unspecified atom stereocenters. The van der Waals surface area contributed by atoms with Gasteiger partial charge in [-0.1, -0.05) is 4.68 Å². The van der Waals surface area contributed by atoms with Gasteiger partial charge in [0.05, 0.1) is 0 Å². The lowest BCUT2D eigenvalue weighted by atomic mass is 10.3. The van der Waals surface area contributed by atoms with Crippen molar-refractivity contribution in [3.63, 3.8) is 0 Å². The van der Waals surface area contributed by atoms with E-state index in [-0.39, 0.29) is 6.42 Å². The van der Waals surface area contributed by atoms with Crippen LogP contribution in [0.1, 0.15) is 6.42 Å². The molecule has 0 bridgehead atoms. The molecular weight excluding hydrogens is 220 g/mol. The van der Waals surface area contributed by atoms with Crippen LogP contribution in [0.4, 0.5) is 0 Å². The second kappa shape index (κ2) is 4.73. The lowest BCUT2D eigenvalue weighted by molar-refractivity contribution is -0.753. The first-order valence-corrected chi connectivity index (χ1v) is 5.20. The van der Waals surface area contributed by atoms with Crippen molar-refractivity contribution in [1.29, 1.82) is 0 Å². The summed E-state index contributed by atoms with van der Waals surface area (Å²) in [5, 5.41) is 14.4. The maximum atomic E-state index is 10.3. The van der Waals surface area contributed by atoms with Gasteiger partial charge in [0, 0.05) is 43.5 Å². The monoisotopic (exact) mass is 232 g/mol. The average Bonchev–Trinajstić information content (AvgIpc) is 2.73. The summed E-state index contributed by atoms with van der Waals surface area (Å²) in [5.74, 6) is -0.253. The molecule has 2 rings (SSSR count). The largest absolute Gasteiger partial charge is 0.550 e. The first-order valence-electron chi connectivity index (χ1n) is 5.20. The van der Waals surface area contributed by atoms with Gasteiger partial charge >= 0.3 is 0 Å². The van der Waals surface area contributed by atoms with Crippen molar-refractivity contribution < 1.29 is 14.6 Å². The third-order valence-electron chi connectivity index (χ3n) is 2.40. The van der Waals surface area contributed by atoms with E-state index < -0.39 is 5.97 Å². The van der Waals surface area contributed by atoms with Crippen LogP contribution < -0.4 is 9.79 Å². The van der Waals surface area contributed by atoms with Gasteiger partial charge in [0.25, 0.3) is 0 Å². The molecule has 0 aliphatic heterocycles. The molecule has 6 nitrogen and oxygen atoms in total. The maximum Gasteiger partial charge on any atom is 0.197 e. The Morgan fingerprint density at radius 1 is 1.59 bits per heavy atom. The molecule has 88 valence electrons. The standard InChI is InChI=1S/C11H12N4O2/c1-14-7-4-12-11(14)9-2-5-15(13-8-9)6-3-10(16)17/h2,4-5,7-8H,3,6H2,1H3. The SMILES string of the molecule is Cn1ccnc1-c1cc[n+](CCC(=O)[O-])nc1. The molecule has 0 N–H and O–H groups in total. The Balaban J connectivity index is 2.13. The molecule has 0 amide bonds. The molecule has 2 aromatic rings. The number of imidazole rings is 1. The van der Waals surface area contributed by atoms with E-state index in [9.17, 15) is 9.90 Å². The molecular formula is C11H12N4O2. The van der Waals surface area contributed by atoms with Crippen molar-refractivity contribution in [3.8, 4) is 11.4 Å². The van der Waals surface area contributed by atoms with Crippen LogP contribution in [0.5, 0.6) is 0 Å². The van der Waals surface area contributed by atoms with E-state index in [2.05, 4.69) is 10.1 Å². The van der Waals surface area contributed by atoms with Crippen molar-refractivity contribution in [3.05, 3.63) is 30.9 Å². The van der Waals surface area contributed by atoms with E-state index >= 15 is 0 Å². The highest BCUT2D eigenvalue weighted by molar-refractivity contribution is 5.63. The predicted molar refractivity (Wildman–Crippen MR) is 56.3 cm³/mol. The summed E-state index contributed by atoms with van der Waals surface area (Å²) in [4.78, 5) is 14.5. The van der Waals surface area contributed by atoms with Gasteiger partial charge in [0.2, 0.25) is 0 Å². The van der Waals surface area contributed by atoms with E-state index in [1.54, 1.807) is 23.3 Å². The van der Waals surface area contributed by atoms with Gasteiger partial charge in [-0.15, -0.1) is 0 Å². The first kappa shape index (κ1) is 11.3. The van der Waals surface area contributed by atoms with Gasteiger partial charge in [-0.3, -0.25) is 0 Å². The van der Waals surface area contributed by atoms with Gasteiger partial charge in [-0.25, -0.2) is 4.98 Å². The molecule has 0 aliphatic rings. The number of carboxylic acids is 1. The van der Waals surface area contributed by atoms with Gasteiger partial charge in [-0.2, -0.15) is 0 Å². The molecule has 0 radical (unpaired) electrons. The number of nitrogens with zero attached hydrogens (tertiary/aromatic N) is 4. The Labute approximate surface area is 98.2 Å². The van der Waals surface area contributed by atoms with Crippen molar-refractivity contribution in [2.24, 2.45) is 7.05 Å². The van der Waals surface area contributed by atoms with Gasteiger partial charge in [-0.05, 0) is 5.10 Å². The minimum atomic E-state index is -1.08. The molecule has 0 aliphatic carbocycles. The van der Waals surface area contributed by atoms with Gasteiger partial charge < -0.3 is 14.5 Å². The van der Waals surface area contributed by atoms with Gasteiger partial charge in [0.1, 0.15) is 12.0 Å². The quantitative estimate of drug-likeness (QED) is 0.628. The van der Waals surface area contributed by atoms with Crippen molar-refractivity contribution in [2.75, 3.05) is 0 Å². The Kier molecular flexibility index (Phi) is 3.13. The number of aryl methyl sites for hydroxylation is 2. The van der Waals surface area contributed by atoms with E-state index in [0.717, 1.165) is 11.4 Å². The second-order valence-electron chi connectivity index (χ2n) is 3.66. The minimum absolute atomic E-state index is 0.0422. The highest BCUT2D eigenvalue weighted by Gasteiger charge is 2.07. The molecule has 17 heavy (non-hydrogen) atoms. The fourth-order valence-electron chi connectivity index (χ4n) is 1.50. The van der Waals surface area contributed by atoms with Crippen LogP contribution in [-0.2, 0) is 18.4 Å². The fourth-order valence-corrected chi connectivity index (χ4v) is 1.50. The van der Waals surface area contributed by atoms with Crippen molar-refractivity contribution >= 4 is 5.97 Å². The zero-order chi connectivity index (χ0) is 12.3. The molecule has 6 heteroatoms. The number of carbonyl (C=O) groups is 1. The summed E-state index contributed by atoms with van der Waals surface area (Å²) in [6.07, 6.45) is 6.92. The number of rotatable bonds is 4. The summed E-state index contributed by atoms with van der Waals surface area (Å²) in [6, 6.07) is 1.85. The maximum absolute atomic E-state index is 10.3. The number of carbonyl (C=O) groups excluding carboxylic acids is 1. The van der Waals surface area contributed by atoms with Crippen LogP contribution in [0.3, 0.4) is 0 Å². The predicted octanol–water partition coefficient (Wildman–Crippen LogP) is -1.09. The van der Waals surface area contributed by atoms with Crippen LogP contribution in [0, 0.1) is 0 Å². The number of hydrogen-bond donors (Lipinski definition) is 0. The molecule has 0 saturated carbocycles. The van der Waals surface area contributed by atoms with E-state index in [1.807, 2.05) is 23.9 Å². The number of carboxylic acid groups (broad SMARTS) is 1. The average molecular weight is 232 g/mol. The highest BCUT2D eigenvalue weighted by atomic mass is 16.4. The Morgan fingerprint density at radius 2 is 2.41 bits per heavy atom. The lowest BCUT2D eigenvalue weighted by Gasteiger charge is -2.00. The molecule has 0 saturated heterocycles. The van der Waals surface area contributed by atoms with E-state index in [4.69, 9.17) is 0 Å². The van der Waals surface area contributed by atoms with Crippen LogP contribution in [0.15, 0.2) is 30.9 Å². The topological polar surface area (TPSA) is 74.7 Å². The van der Waals surface area contributed by atoms with Crippen LogP contribution >= 0.6 is 0 Å². The Bertz CT molecular complexity index is 519. The number of aromatic nitrogens is 4. The molecule has 0 aromatic carbocycles. The first-order chi connectivity index (χ1) is 8.16. The Morgan fingerprint density at radius 3 is 2.94 bits per heavy atom. The van der Waals surface area contributed by atoms with E-state index in [1.165, 1.54) is 0 Å². The smallest absolute Gasteiger partial charge is 0.197 e. The third-order valence-corrected chi connectivity index (χ3v) is 2.40. The van der Waals surface area contributed by atoms with Crippen LogP contribution in [0.2, 0.25) is 0 Å². The number of aliphatic carboxylic acids is 1. The van der Waals surface area contributed by atoms with Crippen molar-refractivity contribution in [2.45, 2.75) is 13.0 Å². The highest BCUT2D eigenvalue weighted by Crippen LogP contribution is 2.12. The van der Waals surface area contributed by atoms with Gasteiger partial charge in [0.15, 0.2) is 12.7 Å². The molecule has 0 atom stereocenters. The fraction of sp³-hybridized carbons (Fsp3) is 0.273. The zero-order valence-corrected chi connectivity index (χ0v) is 9.41. The van der Waals surface area contributed by atoms with Crippen LogP contribution in [-0.4, -0.2) is 20.6 Å². The summed E-state index contributed by atoms with van der Waals surface area (Å²) in [5.41, 5.74) is 0.891. The van der Waals surface area contributed by atoms with Crippen molar-refractivity contribution in [1.82, 2.24) is 14.6 Å². The minimum Gasteiger partial charge on any atom is -0.550 e.